The summed E-state index contributed by atoms with van der Waals surface area (Å²) in [6.45, 7) is 5.05. The Morgan fingerprint density at radius 1 is 0.905 bits per heavy atom. The van der Waals surface area contributed by atoms with Crippen LogP contribution in [0.5, 0.6) is 0 Å². The zero-order valence-corrected chi connectivity index (χ0v) is 12.9. The topological polar surface area (TPSA) is 29.5 Å². The second-order valence-corrected chi connectivity index (χ2v) is 8.72. The van der Waals surface area contributed by atoms with Gasteiger partial charge in [-0.05, 0) is 91.3 Å². The maximum Gasteiger partial charge on any atom is 0.0903 e. The van der Waals surface area contributed by atoms with Crippen molar-refractivity contribution in [2.75, 3.05) is 13.2 Å². The van der Waals surface area contributed by atoms with Gasteiger partial charge in [-0.2, -0.15) is 0 Å². The van der Waals surface area contributed by atoms with Gasteiger partial charge in [0.15, 0.2) is 0 Å². The molecule has 1 N–H and O–H groups in total. The molecule has 10 unspecified atom stereocenters. The van der Waals surface area contributed by atoms with Crippen molar-refractivity contribution in [3.05, 3.63) is 12.8 Å². The van der Waals surface area contributed by atoms with Crippen LogP contribution in [-0.2, 0) is 4.74 Å². The lowest BCUT2D eigenvalue weighted by atomic mass is 9.62. The van der Waals surface area contributed by atoms with E-state index in [1.165, 1.54) is 32.1 Å². The van der Waals surface area contributed by atoms with E-state index in [0.717, 1.165) is 59.9 Å². The maximum absolute atomic E-state index is 9.55. The van der Waals surface area contributed by atoms with Crippen molar-refractivity contribution in [3.63, 3.8) is 0 Å². The largest absolute Gasteiger partial charge is 0.502 e. The van der Waals surface area contributed by atoms with Gasteiger partial charge in [0, 0.05) is 6.61 Å². The third-order valence-corrected chi connectivity index (χ3v) is 8.35. The van der Waals surface area contributed by atoms with Crippen molar-refractivity contribution in [1.82, 2.24) is 0 Å². The van der Waals surface area contributed by atoms with E-state index in [9.17, 15) is 5.11 Å². The number of rotatable bonds is 4. The predicted molar refractivity (Wildman–Crippen MR) is 81.2 cm³/mol. The molecule has 2 heteroatoms. The summed E-state index contributed by atoms with van der Waals surface area (Å²) in [4.78, 5) is 0. The zero-order chi connectivity index (χ0) is 14.1. The summed E-state index contributed by atoms with van der Waals surface area (Å²) in [6.07, 6.45) is 8.75. The maximum atomic E-state index is 9.55. The first-order valence-electron chi connectivity index (χ1n) is 9.15. The highest BCUT2D eigenvalue weighted by atomic mass is 16.5. The molecule has 0 radical (unpaired) electrons. The molecule has 0 aromatic rings. The van der Waals surface area contributed by atoms with Crippen LogP contribution in [0.3, 0.4) is 0 Å². The highest BCUT2D eigenvalue weighted by molar-refractivity contribution is 5.16. The van der Waals surface area contributed by atoms with Gasteiger partial charge in [0.1, 0.15) is 0 Å². The number of hydrogen-bond donors (Lipinski definition) is 1. The molecule has 5 saturated carbocycles. The Kier molecular flexibility index (Phi) is 2.78. The molecule has 4 bridgehead atoms. The number of fused-ring (bicyclic) bond motifs is 12. The molecule has 5 aliphatic rings. The minimum atomic E-state index is 0.435. The third kappa shape index (κ3) is 1.58. The van der Waals surface area contributed by atoms with Crippen LogP contribution in [0.1, 0.15) is 32.1 Å². The summed E-state index contributed by atoms with van der Waals surface area (Å²) >= 11 is 0. The highest BCUT2D eigenvalue weighted by Crippen LogP contribution is 2.74. The average Bonchev–Trinajstić information content (AvgIpc) is 3.23. The molecule has 5 aliphatic carbocycles. The zero-order valence-electron chi connectivity index (χ0n) is 12.9. The van der Waals surface area contributed by atoms with Gasteiger partial charge in [-0.3, -0.25) is 0 Å². The van der Waals surface area contributed by atoms with Gasteiger partial charge in [0.2, 0.25) is 0 Å². The fourth-order valence-electron chi connectivity index (χ4n) is 8.11. The van der Waals surface area contributed by atoms with Crippen molar-refractivity contribution in [1.29, 1.82) is 0 Å². The lowest BCUT2D eigenvalue weighted by Crippen LogP contribution is -2.39. The van der Waals surface area contributed by atoms with Crippen molar-refractivity contribution < 1.29 is 9.84 Å². The molecule has 5 rings (SSSR count). The molecule has 0 amide bonds. The van der Waals surface area contributed by atoms with E-state index < -0.39 is 0 Å². The van der Waals surface area contributed by atoms with Crippen LogP contribution in [0.25, 0.3) is 0 Å². The van der Waals surface area contributed by atoms with Gasteiger partial charge in [-0.15, -0.1) is 0 Å². The lowest BCUT2D eigenvalue weighted by Gasteiger charge is -2.43. The summed E-state index contributed by atoms with van der Waals surface area (Å²) in [6, 6.07) is 0. The average molecular weight is 288 g/mol. The molecule has 10 atom stereocenters. The standard InChI is InChI=1S/C19H28O2/c1-2-21-9-12-5-11-6-13(12)19-17-7-16(18(11)19)14-3-10(8-20)4-15(14)17/h2,10-20H,1,3-9H2. The SMILES string of the molecule is C=COCC1CC2CC1C1C3CC(C4CC(CO)CC43)C21. The van der Waals surface area contributed by atoms with E-state index >= 15 is 0 Å². The molecule has 0 spiro atoms. The quantitative estimate of drug-likeness (QED) is 0.635. The van der Waals surface area contributed by atoms with Gasteiger partial charge in [-0.25, -0.2) is 0 Å². The van der Waals surface area contributed by atoms with E-state index in [-0.39, 0.29) is 0 Å². The van der Waals surface area contributed by atoms with E-state index in [1.807, 2.05) is 0 Å². The molecule has 116 valence electrons. The van der Waals surface area contributed by atoms with Crippen LogP contribution in [0.2, 0.25) is 0 Å². The van der Waals surface area contributed by atoms with Gasteiger partial charge >= 0.3 is 0 Å². The lowest BCUT2D eigenvalue weighted by molar-refractivity contribution is 0.0266. The van der Waals surface area contributed by atoms with Crippen molar-refractivity contribution in [3.8, 4) is 0 Å². The first kappa shape index (κ1) is 13.0. The van der Waals surface area contributed by atoms with Crippen molar-refractivity contribution in [2.45, 2.75) is 32.1 Å². The minimum Gasteiger partial charge on any atom is -0.502 e. The second-order valence-electron chi connectivity index (χ2n) is 8.72. The Morgan fingerprint density at radius 2 is 1.67 bits per heavy atom. The van der Waals surface area contributed by atoms with Gasteiger partial charge in [0.25, 0.3) is 0 Å². The highest BCUT2D eigenvalue weighted by Gasteiger charge is 2.68. The van der Waals surface area contributed by atoms with E-state index in [4.69, 9.17) is 4.74 Å². The number of aliphatic hydroxyl groups is 1. The summed E-state index contributed by atoms with van der Waals surface area (Å²) in [7, 11) is 0. The minimum absolute atomic E-state index is 0.435. The van der Waals surface area contributed by atoms with Crippen LogP contribution in [0.15, 0.2) is 12.8 Å². The van der Waals surface area contributed by atoms with E-state index in [2.05, 4.69) is 6.58 Å². The monoisotopic (exact) mass is 288 g/mol. The Hall–Kier alpha value is -0.500. The molecular formula is C19H28O2. The molecule has 0 saturated heterocycles. The van der Waals surface area contributed by atoms with Crippen LogP contribution in [0.4, 0.5) is 0 Å². The summed E-state index contributed by atoms with van der Waals surface area (Å²) in [5.74, 6) is 9.44. The first-order chi connectivity index (χ1) is 10.3. The van der Waals surface area contributed by atoms with Crippen LogP contribution in [0, 0.1) is 59.2 Å². The Morgan fingerprint density at radius 3 is 2.38 bits per heavy atom. The molecule has 2 nitrogen and oxygen atoms in total. The molecule has 5 fully saturated rings. The fourth-order valence-corrected chi connectivity index (χ4v) is 8.11. The smallest absolute Gasteiger partial charge is 0.0903 e. The number of hydrogen-bond acceptors (Lipinski definition) is 2. The fraction of sp³-hybridized carbons (Fsp3) is 0.895. The van der Waals surface area contributed by atoms with E-state index in [1.54, 1.807) is 6.26 Å². The van der Waals surface area contributed by atoms with Crippen molar-refractivity contribution >= 4 is 0 Å². The third-order valence-electron chi connectivity index (χ3n) is 8.35. The van der Waals surface area contributed by atoms with Crippen molar-refractivity contribution in [2.24, 2.45) is 59.2 Å². The molecule has 0 aromatic carbocycles. The van der Waals surface area contributed by atoms with Crippen LogP contribution in [-0.4, -0.2) is 18.3 Å². The normalized spacial score (nSPS) is 59.3. The summed E-state index contributed by atoms with van der Waals surface area (Å²) in [5, 5.41) is 9.55. The van der Waals surface area contributed by atoms with E-state index in [0.29, 0.717) is 12.5 Å². The molecule has 21 heavy (non-hydrogen) atoms. The summed E-state index contributed by atoms with van der Waals surface area (Å²) < 4.78 is 5.55. The number of ether oxygens (including phenoxy) is 1. The molecule has 0 aromatic heterocycles. The predicted octanol–water partition coefficient (Wildman–Crippen LogP) is 3.32. The molecule has 0 aliphatic heterocycles. The second kappa shape index (κ2) is 4.50. The van der Waals surface area contributed by atoms with Gasteiger partial charge in [0.05, 0.1) is 12.9 Å². The first-order valence-corrected chi connectivity index (χ1v) is 9.15. The molecule has 0 heterocycles. The number of aliphatic hydroxyl groups excluding tert-OH is 1. The van der Waals surface area contributed by atoms with Crippen LogP contribution < -0.4 is 0 Å². The van der Waals surface area contributed by atoms with Gasteiger partial charge in [-0.1, -0.05) is 6.58 Å². The molecular weight excluding hydrogens is 260 g/mol. The Balaban J connectivity index is 1.38. The Labute approximate surface area is 127 Å². The van der Waals surface area contributed by atoms with Gasteiger partial charge < -0.3 is 9.84 Å². The van der Waals surface area contributed by atoms with Crippen LogP contribution >= 0.6 is 0 Å². The Bertz CT molecular complexity index is 447. The summed E-state index contributed by atoms with van der Waals surface area (Å²) in [5.41, 5.74) is 0.